The lowest BCUT2D eigenvalue weighted by atomic mass is 10.0. The third-order valence-electron chi connectivity index (χ3n) is 4.61. The molecule has 1 heterocycles. The highest BCUT2D eigenvalue weighted by molar-refractivity contribution is 5.79. The van der Waals surface area contributed by atoms with Crippen molar-refractivity contribution in [3.63, 3.8) is 0 Å². The molecule has 2 fully saturated rings. The van der Waals surface area contributed by atoms with Crippen LogP contribution in [0.2, 0.25) is 0 Å². The van der Waals surface area contributed by atoms with Gasteiger partial charge in [-0.05, 0) is 25.2 Å². The van der Waals surface area contributed by atoms with Gasteiger partial charge in [0.05, 0.1) is 13.2 Å². The Labute approximate surface area is 122 Å². The van der Waals surface area contributed by atoms with Crippen molar-refractivity contribution in [2.75, 3.05) is 32.8 Å². The third kappa shape index (κ3) is 4.17. The van der Waals surface area contributed by atoms with Gasteiger partial charge in [0.1, 0.15) is 0 Å². The van der Waals surface area contributed by atoms with E-state index < -0.39 is 0 Å². The molecule has 1 amide bonds. The van der Waals surface area contributed by atoms with Gasteiger partial charge in [0.25, 0.3) is 0 Å². The van der Waals surface area contributed by atoms with E-state index in [-0.39, 0.29) is 17.9 Å². The first kappa shape index (κ1) is 15.7. The molecule has 0 aromatic carbocycles. The van der Waals surface area contributed by atoms with Crippen LogP contribution < -0.4 is 11.1 Å². The molecule has 116 valence electrons. The van der Waals surface area contributed by atoms with Crippen LogP contribution in [0.1, 0.15) is 33.1 Å². The molecule has 0 bridgehead atoms. The van der Waals surface area contributed by atoms with E-state index in [1.165, 1.54) is 0 Å². The molecule has 5 heteroatoms. The van der Waals surface area contributed by atoms with Crippen molar-refractivity contribution < 1.29 is 9.53 Å². The molecule has 1 saturated heterocycles. The largest absolute Gasteiger partial charge is 0.379 e. The Morgan fingerprint density at radius 1 is 1.35 bits per heavy atom. The predicted molar refractivity (Wildman–Crippen MR) is 79.3 cm³/mol. The molecular formula is C15H29N3O2. The summed E-state index contributed by atoms with van der Waals surface area (Å²) in [7, 11) is 0. The van der Waals surface area contributed by atoms with E-state index in [1.54, 1.807) is 0 Å². The first-order chi connectivity index (χ1) is 9.58. The van der Waals surface area contributed by atoms with E-state index in [2.05, 4.69) is 24.1 Å². The molecule has 0 spiro atoms. The summed E-state index contributed by atoms with van der Waals surface area (Å²) in [6.45, 7) is 8.71. The van der Waals surface area contributed by atoms with Crippen molar-refractivity contribution >= 4 is 5.91 Å². The normalized spacial score (nSPS) is 29.6. The third-order valence-corrected chi connectivity index (χ3v) is 4.61. The van der Waals surface area contributed by atoms with Crippen LogP contribution in [-0.2, 0) is 9.53 Å². The highest BCUT2D eigenvalue weighted by Gasteiger charge is 2.29. The fourth-order valence-corrected chi connectivity index (χ4v) is 3.30. The molecule has 2 rings (SSSR count). The van der Waals surface area contributed by atoms with Gasteiger partial charge < -0.3 is 15.8 Å². The van der Waals surface area contributed by atoms with Crippen LogP contribution >= 0.6 is 0 Å². The minimum Gasteiger partial charge on any atom is -0.379 e. The number of hydrogen-bond acceptors (Lipinski definition) is 4. The summed E-state index contributed by atoms with van der Waals surface area (Å²) < 4.78 is 5.41. The van der Waals surface area contributed by atoms with Crippen LogP contribution in [0, 0.1) is 11.8 Å². The van der Waals surface area contributed by atoms with Gasteiger partial charge in [0.2, 0.25) is 5.91 Å². The molecule has 2 aliphatic rings. The smallest absolute Gasteiger partial charge is 0.223 e. The molecule has 1 aliphatic heterocycles. The summed E-state index contributed by atoms with van der Waals surface area (Å²) >= 11 is 0. The predicted octanol–water partition coefficient (Wildman–Crippen LogP) is 0.587. The number of nitrogens with one attached hydrogen (secondary N) is 1. The van der Waals surface area contributed by atoms with Crippen molar-refractivity contribution in [3.05, 3.63) is 0 Å². The van der Waals surface area contributed by atoms with E-state index in [9.17, 15) is 4.79 Å². The summed E-state index contributed by atoms with van der Waals surface area (Å²) in [6, 6.07) is 0.615. The van der Waals surface area contributed by atoms with Gasteiger partial charge in [-0.1, -0.05) is 13.8 Å². The number of ether oxygens (including phenoxy) is 1. The number of nitrogens with zero attached hydrogens (tertiary/aromatic N) is 1. The summed E-state index contributed by atoms with van der Waals surface area (Å²) in [5, 5.41) is 3.15. The number of rotatable bonds is 5. The lowest BCUT2D eigenvalue weighted by Gasteiger charge is -2.37. The van der Waals surface area contributed by atoms with E-state index in [4.69, 9.17) is 10.5 Å². The maximum atomic E-state index is 12.2. The second-order valence-corrected chi connectivity index (χ2v) is 6.47. The van der Waals surface area contributed by atoms with Gasteiger partial charge in [0.15, 0.2) is 0 Å². The van der Waals surface area contributed by atoms with Crippen molar-refractivity contribution in [1.29, 1.82) is 0 Å². The van der Waals surface area contributed by atoms with Crippen LogP contribution in [-0.4, -0.2) is 55.7 Å². The number of amides is 1. The van der Waals surface area contributed by atoms with Gasteiger partial charge in [-0.15, -0.1) is 0 Å². The summed E-state index contributed by atoms with van der Waals surface area (Å²) in [5.41, 5.74) is 5.88. The van der Waals surface area contributed by atoms with Crippen LogP contribution in [0.25, 0.3) is 0 Å². The topological polar surface area (TPSA) is 67.6 Å². The average molecular weight is 283 g/mol. The zero-order valence-electron chi connectivity index (χ0n) is 12.8. The van der Waals surface area contributed by atoms with Gasteiger partial charge in [0, 0.05) is 37.6 Å². The molecule has 0 aromatic heterocycles. The first-order valence-electron chi connectivity index (χ1n) is 7.93. The number of morpholine rings is 1. The first-order valence-corrected chi connectivity index (χ1v) is 7.93. The SMILES string of the molecule is CC(C)C(CNC(=O)C1CCC(N)C1)N1CCOCC1. The molecule has 1 saturated carbocycles. The van der Waals surface area contributed by atoms with Gasteiger partial charge in [-0.3, -0.25) is 9.69 Å². The number of hydrogen-bond donors (Lipinski definition) is 2. The summed E-state index contributed by atoms with van der Waals surface area (Å²) in [6.07, 6.45) is 2.77. The second-order valence-electron chi connectivity index (χ2n) is 6.47. The van der Waals surface area contributed by atoms with Crippen LogP contribution in [0.3, 0.4) is 0 Å². The van der Waals surface area contributed by atoms with Crippen LogP contribution in [0.4, 0.5) is 0 Å². The average Bonchev–Trinajstić information content (AvgIpc) is 2.86. The zero-order valence-corrected chi connectivity index (χ0v) is 12.8. The Morgan fingerprint density at radius 2 is 2.05 bits per heavy atom. The monoisotopic (exact) mass is 283 g/mol. The molecule has 5 nitrogen and oxygen atoms in total. The van der Waals surface area contributed by atoms with Crippen LogP contribution in [0.5, 0.6) is 0 Å². The van der Waals surface area contributed by atoms with E-state index >= 15 is 0 Å². The van der Waals surface area contributed by atoms with Gasteiger partial charge in [-0.25, -0.2) is 0 Å². The highest BCUT2D eigenvalue weighted by Crippen LogP contribution is 2.24. The Bertz CT molecular complexity index is 316. The Kier molecular flexibility index (Phi) is 5.81. The van der Waals surface area contributed by atoms with Crippen molar-refractivity contribution in [2.45, 2.75) is 45.2 Å². The Hall–Kier alpha value is -0.650. The minimum atomic E-state index is 0.127. The number of carbonyl (C=O) groups excluding carboxylic acids is 1. The Morgan fingerprint density at radius 3 is 2.60 bits per heavy atom. The maximum absolute atomic E-state index is 12.2. The highest BCUT2D eigenvalue weighted by atomic mass is 16.5. The van der Waals surface area contributed by atoms with Crippen molar-refractivity contribution in [1.82, 2.24) is 10.2 Å². The molecule has 3 unspecified atom stereocenters. The number of nitrogens with two attached hydrogens (primary N) is 1. The maximum Gasteiger partial charge on any atom is 0.223 e. The lowest BCUT2D eigenvalue weighted by molar-refractivity contribution is -0.125. The summed E-state index contributed by atoms with van der Waals surface area (Å²) in [4.78, 5) is 14.6. The molecule has 3 atom stereocenters. The van der Waals surface area contributed by atoms with Gasteiger partial charge >= 0.3 is 0 Å². The molecule has 3 N–H and O–H groups in total. The Balaban J connectivity index is 1.80. The van der Waals surface area contributed by atoms with Crippen LogP contribution in [0.15, 0.2) is 0 Å². The lowest BCUT2D eigenvalue weighted by Crippen LogP contribution is -2.51. The fraction of sp³-hybridized carbons (Fsp3) is 0.933. The van der Waals surface area contributed by atoms with Crippen molar-refractivity contribution in [3.8, 4) is 0 Å². The van der Waals surface area contributed by atoms with E-state index in [0.717, 1.165) is 52.1 Å². The molecule has 20 heavy (non-hydrogen) atoms. The zero-order chi connectivity index (χ0) is 14.5. The minimum absolute atomic E-state index is 0.127. The standard InChI is InChI=1S/C15H29N3O2/c1-11(2)14(18-5-7-20-8-6-18)10-17-15(19)12-3-4-13(16)9-12/h11-14H,3-10,16H2,1-2H3,(H,17,19). The molecule has 1 aliphatic carbocycles. The molecule has 0 radical (unpaired) electrons. The summed E-state index contributed by atoms with van der Waals surface area (Å²) in [5.74, 6) is 0.846. The fourth-order valence-electron chi connectivity index (χ4n) is 3.30. The molecular weight excluding hydrogens is 254 g/mol. The van der Waals surface area contributed by atoms with E-state index in [1.807, 2.05) is 0 Å². The molecule has 0 aromatic rings. The van der Waals surface area contributed by atoms with E-state index in [0.29, 0.717) is 12.0 Å². The second kappa shape index (κ2) is 7.38. The van der Waals surface area contributed by atoms with Crippen molar-refractivity contribution in [2.24, 2.45) is 17.6 Å². The van der Waals surface area contributed by atoms with Gasteiger partial charge in [-0.2, -0.15) is 0 Å². The number of carbonyl (C=O) groups is 1. The quantitative estimate of drug-likeness (QED) is 0.775.